The van der Waals surface area contributed by atoms with Crippen molar-refractivity contribution in [3.8, 4) is 11.4 Å². The second-order valence-electron chi connectivity index (χ2n) is 3.78. The summed E-state index contributed by atoms with van der Waals surface area (Å²) in [7, 11) is 0. The van der Waals surface area contributed by atoms with Crippen molar-refractivity contribution in [2.24, 2.45) is 0 Å². The van der Waals surface area contributed by atoms with Gasteiger partial charge in [0.2, 0.25) is 0 Å². The maximum absolute atomic E-state index is 13.9. The van der Waals surface area contributed by atoms with E-state index < -0.39 is 12.4 Å². The topological polar surface area (TPSA) is 63.8 Å². The minimum Gasteiger partial charge on any atom is -0.392 e. The highest BCUT2D eigenvalue weighted by molar-refractivity contribution is 5.59. The Balaban J connectivity index is 2.70. The first kappa shape index (κ1) is 9.23. The molecule has 2 rings (SSSR count). The molecule has 0 saturated carbocycles. The molecule has 0 aliphatic rings. The average molecular weight is 238 g/mol. The number of rotatable bonds is 3. The highest BCUT2D eigenvalue weighted by atomic mass is 19.1. The molecule has 5 nitrogen and oxygen atoms in total. The van der Waals surface area contributed by atoms with Gasteiger partial charge in [-0.2, -0.15) is 5.10 Å². The maximum Gasteiger partial charge on any atom is 0.170 e. The minimum absolute atomic E-state index is 0.00815. The molecule has 0 fully saturated rings. The third kappa shape index (κ3) is 2.03. The van der Waals surface area contributed by atoms with Crippen molar-refractivity contribution < 1.29 is 12.2 Å². The number of nitrogens with zero attached hydrogens (tertiary/aromatic N) is 4. The Kier molecular flexibility index (Phi) is 2.49. The van der Waals surface area contributed by atoms with Gasteiger partial charge in [-0.15, -0.1) is 0 Å². The highest BCUT2D eigenvalue weighted by Gasteiger charge is 2.18. The van der Waals surface area contributed by atoms with Gasteiger partial charge in [-0.05, 0) is 13.8 Å². The molecule has 0 aromatic carbocycles. The van der Waals surface area contributed by atoms with Crippen molar-refractivity contribution in [3.63, 3.8) is 0 Å². The van der Waals surface area contributed by atoms with Gasteiger partial charge in [-0.1, -0.05) is 0 Å². The van der Waals surface area contributed by atoms with Crippen LogP contribution in [-0.4, -0.2) is 24.9 Å². The first-order valence-corrected chi connectivity index (χ1v) is 5.08. The SMILES string of the molecule is [2H]C([2H])(O)c1cncnc1-c1c(F)cnn1C(C)C. The van der Waals surface area contributed by atoms with Crippen LogP contribution in [0.1, 0.15) is 28.2 Å². The quantitative estimate of drug-likeness (QED) is 0.881. The zero-order valence-electron chi connectivity index (χ0n) is 11.4. The van der Waals surface area contributed by atoms with E-state index in [-0.39, 0.29) is 23.0 Å². The molecule has 0 atom stereocenters. The van der Waals surface area contributed by atoms with E-state index in [1.54, 1.807) is 0 Å². The van der Waals surface area contributed by atoms with Gasteiger partial charge < -0.3 is 5.11 Å². The summed E-state index contributed by atoms with van der Waals surface area (Å²) in [6, 6.07) is -0.133. The molecule has 2 aromatic heterocycles. The number of aliphatic hydroxyl groups is 1. The van der Waals surface area contributed by atoms with Crippen LogP contribution in [0.5, 0.6) is 0 Å². The summed E-state index contributed by atoms with van der Waals surface area (Å²) in [5, 5.41) is 13.4. The lowest BCUT2D eigenvalue weighted by Gasteiger charge is -2.12. The molecule has 0 spiro atoms. The van der Waals surface area contributed by atoms with Crippen LogP contribution in [0.3, 0.4) is 0 Å². The second kappa shape index (κ2) is 4.58. The number of aromatic nitrogens is 4. The molecule has 0 radical (unpaired) electrons. The van der Waals surface area contributed by atoms with E-state index in [0.29, 0.717) is 0 Å². The molecular formula is C11H13FN4O. The Labute approximate surface area is 101 Å². The van der Waals surface area contributed by atoms with E-state index in [2.05, 4.69) is 15.1 Å². The van der Waals surface area contributed by atoms with Crippen LogP contribution < -0.4 is 0 Å². The van der Waals surface area contributed by atoms with Crippen molar-refractivity contribution in [1.29, 1.82) is 0 Å². The van der Waals surface area contributed by atoms with Crippen molar-refractivity contribution in [2.75, 3.05) is 0 Å². The van der Waals surface area contributed by atoms with E-state index in [1.807, 2.05) is 13.8 Å². The summed E-state index contributed by atoms with van der Waals surface area (Å²) in [4.78, 5) is 7.54. The van der Waals surface area contributed by atoms with Crippen molar-refractivity contribution in [1.82, 2.24) is 19.7 Å². The molecule has 0 bridgehead atoms. The molecule has 0 saturated heterocycles. The number of hydrogen-bond donors (Lipinski definition) is 1. The van der Waals surface area contributed by atoms with E-state index in [1.165, 1.54) is 11.0 Å². The van der Waals surface area contributed by atoms with Crippen molar-refractivity contribution in [3.05, 3.63) is 30.1 Å². The summed E-state index contributed by atoms with van der Waals surface area (Å²) >= 11 is 0. The molecule has 17 heavy (non-hydrogen) atoms. The lowest BCUT2D eigenvalue weighted by molar-refractivity contribution is 0.281. The summed E-state index contributed by atoms with van der Waals surface area (Å²) in [5.41, 5.74) is -0.173. The average Bonchev–Trinajstić information content (AvgIpc) is 2.70. The zero-order valence-corrected chi connectivity index (χ0v) is 9.42. The zero-order chi connectivity index (χ0) is 14.2. The summed E-state index contributed by atoms with van der Waals surface area (Å²) in [6.07, 6.45) is 3.33. The monoisotopic (exact) mass is 238 g/mol. The fourth-order valence-corrected chi connectivity index (χ4v) is 1.55. The Morgan fingerprint density at radius 2 is 2.29 bits per heavy atom. The van der Waals surface area contributed by atoms with Crippen molar-refractivity contribution in [2.45, 2.75) is 26.4 Å². The largest absolute Gasteiger partial charge is 0.392 e. The molecule has 0 aliphatic carbocycles. The number of halogens is 1. The Morgan fingerprint density at radius 3 is 2.94 bits per heavy atom. The van der Waals surface area contributed by atoms with Crippen LogP contribution in [0.2, 0.25) is 0 Å². The molecular weight excluding hydrogens is 223 g/mol. The Bertz CT molecular complexity index is 595. The molecule has 0 aliphatic heterocycles. The third-order valence-electron chi connectivity index (χ3n) is 2.30. The van der Waals surface area contributed by atoms with Crippen LogP contribution in [0.25, 0.3) is 11.4 Å². The fraction of sp³-hybridized carbons (Fsp3) is 0.364. The smallest absolute Gasteiger partial charge is 0.170 e. The lowest BCUT2D eigenvalue weighted by Crippen LogP contribution is -2.07. The Hall–Kier alpha value is -1.82. The molecule has 0 amide bonds. The van der Waals surface area contributed by atoms with Crippen LogP contribution in [0, 0.1) is 5.82 Å². The van der Waals surface area contributed by atoms with Gasteiger partial charge in [0.05, 0.1) is 15.5 Å². The molecule has 90 valence electrons. The van der Waals surface area contributed by atoms with Crippen LogP contribution in [-0.2, 0) is 6.56 Å². The van der Waals surface area contributed by atoms with Crippen molar-refractivity contribution >= 4 is 0 Å². The second-order valence-corrected chi connectivity index (χ2v) is 3.78. The highest BCUT2D eigenvalue weighted by Crippen LogP contribution is 2.25. The van der Waals surface area contributed by atoms with E-state index in [4.69, 9.17) is 2.74 Å². The first-order chi connectivity index (χ1) is 8.82. The fourth-order valence-electron chi connectivity index (χ4n) is 1.55. The molecule has 0 unspecified atom stereocenters. The van der Waals surface area contributed by atoms with Gasteiger partial charge in [-0.3, -0.25) is 4.68 Å². The number of hydrogen-bond acceptors (Lipinski definition) is 4. The van der Waals surface area contributed by atoms with Gasteiger partial charge in [0, 0.05) is 17.8 Å². The van der Waals surface area contributed by atoms with Gasteiger partial charge >= 0.3 is 0 Å². The summed E-state index contributed by atoms with van der Waals surface area (Å²) in [5.74, 6) is -0.627. The third-order valence-corrected chi connectivity index (χ3v) is 2.30. The summed E-state index contributed by atoms with van der Waals surface area (Å²) < 4.78 is 30.0. The molecule has 1 N–H and O–H groups in total. The predicted octanol–water partition coefficient (Wildman–Crippen LogP) is 1.55. The van der Waals surface area contributed by atoms with Gasteiger partial charge in [0.25, 0.3) is 0 Å². The van der Waals surface area contributed by atoms with Gasteiger partial charge in [0.15, 0.2) is 5.82 Å². The minimum atomic E-state index is -2.66. The van der Waals surface area contributed by atoms with Crippen LogP contribution in [0.4, 0.5) is 4.39 Å². The van der Waals surface area contributed by atoms with E-state index in [0.717, 1.165) is 12.4 Å². The standard InChI is InChI=1S/C11H13FN4O/c1-7(2)16-11(9(12)4-15-16)10-8(5-17)3-13-6-14-10/h3-4,6-7,17H,5H2,1-2H3/i5D2. The van der Waals surface area contributed by atoms with Crippen LogP contribution >= 0.6 is 0 Å². The van der Waals surface area contributed by atoms with Gasteiger partial charge in [-0.25, -0.2) is 14.4 Å². The van der Waals surface area contributed by atoms with Gasteiger partial charge in [0.1, 0.15) is 17.7 Å². The first-order valence-electron chi connectivity index (χ1n) is 6.08. The normalized spacial score (nSPS) is 13.7. The van der Waals surface area contributed by atoms with E-state index >= 15 is 0 Å². The molecule has 2 heterocycles. The molecule has 6 heteroatoms. The Morgan fingerprint density at radius 1 is 1.53 bits per heavy atom. The predicted molar refractivity (Wildman–Crippen MR) is 59.5 cm³/mol. The maximum atomic E-state index is 13.9. The van der Waals surface area contributed by atoms with Crippen LogP contribution in [0.15, 0.2) is 18.7 Å². The lowest BCUT2D eigenvalue weighted by atomic mass is 10.1. The van der Waals surface area contributed by atoms with E-state index in [9.17, 15) is 9.50 Å². The summed E-state index contributed by atoms with van der Waals surface area (Å²) in [6.45, 7) is 0.962. The molecule has 2 aromatic rings.